The third kappa shape index (κ3) is 1.76. The summed E-state index contributed by atoms with van der Waals surface area (Å²) in [6.07, 6.45) is 3.17. The zero-order valence-electron chi connectivity index (χ0n) is 9.41. The summed E-state index contributed by atoms with van der Waals surface area (Å²) < 4.78 is 2.21. The first-order valence-electron chi connectivity index (χ1n) is 5.38. The van der Waals surface area contributed by atoms with E-state index in [1.54, 1.807) is 23.2 Å². The highest BCUT2D eigenvalue weighted by molar-refractivity contribution is 7.17. The van der Waals surface area contributed by atoms with Gasteiger partial charge in [0.2, 0.25) is 0 Å². The molecule has 3 rings (SSSR count). The minimum absolute atomic E-state index is 0.0433. The molecule has 0 spiro atoms. The molecular formula is C12H10N4OS. The molecule has 3 aromatic rings. The van der Waals surface area contributed by atoms with Crippen LogP contribution in [0.1, 0.15) is 5.56 Å². The van der Waals surface area contributed by atoms with E-state index in [9.17, 15) is 4.79 Å². The number of fused-ring (bicyclic) bond motifs is 1. The van der Waals surface area contributed by atoms with E-state index in [-0.39, 0.29) is 5.56 Å². The largest absolute Gasteiger partial charge is 0.383 e. The molecule has 90 valence electrons. The lowest BCUT2D eigenvalue weighted by Gasteiger charge is -2.06. The first-order chi connectivity index (χ1) is 8.75. The summed E-state index contributed by atoms with van der Waals surface area (Å²) in [4.78, 5) is 20.4. The van der Waals surface area contributed by atoms with Gasteiger partial charge < -0.3 is 5.73 Å². The Morgan fingerprint density at radius 2 is 2.22 bits per heavy atom. The number of nitrogens with zero attached hydrogens (tertiary/aromatic N) is 3. The van der Waals surface area contributed by atoms with Crippen molar-refractivity contribution >= 4 is 27.4 Å². The average molecular weight is 258 g/mol. The molecule has 5 nitrogen and oxygen atoms in total. The van der Waals surface area contributed by atoms with Gasteiger partial charge in [-0.2, -0.15) is 0 Å². The normalized spacial score (nSPS) is 10.9. The number of hydrogen-bond donors (Lipinski definition) is 1. The molecule has 6 heteroatoms. The molecule has 3 aromatic heterocycles. The zero-order valence-corrected chi connectivity index (χ0v) is 10.2. The average Bonchev–Trinajstić information content (AvgIpc) is 2.84. The van der Waals surface area contributed by atoms with Crippen LogP contribution < -0.4 is 11.3 Å². The zero-order chi connectivity index (χ0) is 12.5. The quantitative estimate of drug-likeness (QED) is 0.755. The standard InChI is InChI=1S/C12H10N4OS/c13-11-8(2-1-4-14-11)6-16-7-15-9-3-5-18-10(9)12(16)17/h1-5,7H,6H2,(H2,13,14). The summed E-state index contributed by atoms with van der Waals surface area (Å²) in [6, 6.07) is 5.49. The molecule has 3 heterocycles. The van der Waals surface area contributed by atoms with Crippen molar-refractivity contribution in [2.24, 2.45) is 0 Å². The van der Waals surface area contributed by atoms with Crippen LogP contribution in [0.25, 0.3) is 10.2 Å². The number of pyridine rings is 1. The van der Waals surface area contributed by atoms with Crippen molar-refractivity contribution in [1.29, 1.82) is 0 Å². The van der Waals surface area contributed by atoms with Gasteiger partial charge in [0.25, 0.3) is 5.56 Å². The van der Waals surface area contributed by atoms with E-state index in [4.69, 9.17) is 5.73 Å². The van der Waals surface area contributed by atoms with Gasteiger partial charge in [-0.3, -0.25) is 9.36 Å². The van der Waals surface area contributed by atoms with Gasteiger partial charge in [0, 0.05) is 11.8 Å². The van der Waals surface area contributed by atoms with Crippen LogP contribution in [-0.2, 0) is 6.54 Å². The van der Waals surface area contributed by atoms with E-state index in [1.807, 2.05) is 17.5 Å². The summed E-state index contributed by atoms with van der Waals surface area (Å²) >= 11 is 1.40. The van der Waals surface area contributed by atoms with Gasteiger partial charge in [0.1, 0.15) is 10.5 Å². The van der Waals surface area contributed by atoms with Crippen molar-refractivity contribution in [3.63, 3.8) is 0 Å². The van der Waals surface area contributed by atoms with Crippen LogP contribution in [0.5, 0.6) is 0 Å². The molecule has 0 bridgehead atoms. The minimum atomic E-state index is -0.0433. The molecule has 0 unspecified atom stereocenters. The molecule has 0 aliphatic heterocycles. The number of hydrogen-bond acceptors (Lipinski definition) is 5. The maximum Gasteiger partial charge on any atom is 0.271 e. The van der Waals surface area contributed by atoms with Crippen LogP contribution in [0.2, 0.25) is 0 Å². The molecule has 2 N–H and O–H groups in total. The monoisotopic (exact) mass is 258 g/mol. The second-order valence-corrected chi connectivity index (χ2v) is 4.78. The number of anilines is 1. The predicted molar refractivity (Wildman–Crippen MR) is 71.6 cm³/mol. The van der Waals surface area contributed by atoms with Crippen LogP contribution in [0, 0.1) is 0 Å². The molecule has 0 atom stereocenters. The van der Waals surface area contributed by atoms with Gasteiger partial charge >= 0.3 is 0 Å². The van der Waals surface area contributed by atoms with Crippen molar-refractivity contribution in [2.75, 3.05) is 5.73 Å². The minimum Gasteiger partial charge on any atom is -0.383 e. The van der Waals surface area contributed by atoms with Gasteiger partial charge in [-0.15, -0.1) is 11.3 Å². The lowest BCUT2D eigenvalue weighted by molar-refractivity contribution is 0.749. The number of nitrogen functional groups attached to an aromatic ring is 1. The van der Waals surface area contributed by atoms with Crippen molar-refractivity contribution in [1.82, 2.24) is 14.5 Å². The van der Waals surface area contributed by atoms with E-state index in [1.165, 1.54) is 11.3 Å². The Labute approximate surface area is 107 Å². The van der Waals surface area contributed by atoms with Gasteiger partial charge in [-0.05, 0) is 17.5 Å². The molecule has 0 aromatic carbocycles. The van der Waals surface area contributed by atoms with E-state index >= 15 is 0 Å². The van der Waals surface area contributed by atoms with Crippen LogP contribution in [0.4, 0.5) is 5.82 Å². The molecule has 0 fully saturated rings. The number of thiophene rings is 1. The summed E-state index contributed by atoms with van der Waals surface area (Å²) in [5.74, 6) is 0.440. The Morgan fingerprint density at radius 1 is 1.33 bits per heavy atom. The SMILES string of the molecule is Nc1ncccc1Cn1cnc2ccsc2c1=O. The highest BCUT2D eigenvalue weighted by atomic mass is 32.1. The Kier molecular flexibility index (Phi) is 2.56. The Balaban J connectivity index is 2.08. The molecule has 18 heavy (non-hydrogen) atoms. The highest BCUT2D eigenvalue weighted by Crippen LogP contribution is 2.14. The topological polar surface area (TPSA) is 73.8 Å². The predicted octanol–water partition coefficient (Wildman–Crippen LogP) is 1.48. The first kappa shape index (κ1) is 10.9. The Bertz CT molecular complexity index is 762. The van der Waals surface area contributed by atoms with Crippen LogP contribution in [0.3, 0.4) is 0 Å². The van der Waals surface area contributed by atoms with E-state index in [0.717, 1.165) is 11.1 Å². The fraction of sp³-hybridized carbons (Fsp3) is 0.0833. The summed E-state index contributed by atoms with van der Waals surface area (Å²) in [7, 11) is 0. The summed E-state index contributed by atoms with van der Waals surface area (Å²) in [5, 5.41) is 1.86. The first-order valence-corrected chi connectivity index (χ1v) is 6.25. The molecule has 0 radical (unpaired) electrons. The summed E-state index contributed by atoms with van der Waals surface area (Å²) in [6.45, 7) is 0.388. The lowest BCUT2D eigenvalue weighted by Crippen LogP contribution is -2.20. The third-order valence-electron chi connectivity index (χ3n) is 2.70. The number of aromatic nitrogens is 3. The van der Waals surface area contributed by atoms with E-state index < -0.39 is 0 Å². The number of rotatable bonds is 2. The second kappa shape index (κ2) is 4.23. The van der Waals surface area contributed by atoms with Gasteiger partial charge in [-0.1, -0.05) is 6.07 Å². The van der Waals surface area contributed by atoms with Crippen molar-refractivity contribution in [2.45, 2.75) is 6.54 Å². The molecule has 0 saturated carbocycles. The smallest absolute Gasteiger partial charge is 0.271 e. The van der Waals surface area contributed by atoms with Crippen molar-refractivity contribution in [3.8, 4) is 0 Å². The van der Waals surface area contributed by atoms with E-state index in [0.29, 0.717) is 17.1 Å². The molecule has 0 saturated heterocycles. The molecule has 0 aliphatic carbocycles. The molecule has 0 aliphatic rings. The van der Waals surface area contributed by atoms with Crippen molar-refractivity contribution in [3.05, 3.63) is 52.0 Å². The molecule has 0 amide bonds. The Hall–Kier alpha value is -2.21. The Morgan fingerprint density at radius 3 is 3.06 bits per heavy atom. The fourth-order valence-electron chi connectivity index (χ4n) is 1.76. The summed E-state index contributed by atoms with van der Waals surface area (Å²) in [5.41, 5.74) is 7.28. The van der Waals surface area contributed by atoms with Gasteiger partial charge in [-0.25, -0.2) is 9.97 Å². The fourth-order valence-corrected chi connectivity index (χ4v) is 2.55. The van der Waals surface area contributed by atoms with Crippen LogP contribution >= 0.6 is 11.3 Å². The maximum absolute atomic E-state index is 12.2. The van der Waals surface area contributed by atoms with Crippen LogP contribution in [-0.4, -0.2) is 14.5 Å². The molecular weight excluding hydrogens is 248 g/mol. The van der Waals surface area contributed by atoms with E-state index in [2.05, 4.69) is 9.97 Å². The van der Waals surface area contributed by atoms with Gasteiger partial charge in [0.15, 0.2) is 0 Å². The third-order valence-corrected chi connectivity index (χ3v) is 3.59. The highest BCUT2D eigenvalue weighted by Gasteiger charge is 2.07. The van der Waals surface area contributed by atoms with Crippen molar-refractivity contribution < 1.29 is 0 Å². The lowest BCUT2D eigenvalue weighted by atomic mass is 10.2. The number of nitrogens with two attached hydrogens (primary N) is 1. The van der Waals surface area contributed by atoms with Crippen LogP contribution in [0.15, 0.2) is 40.9 Å². The maximum atomic E-state index is 12.2. The second-order valence-electron chi connectivity index (χ2n) is 3.86. The van der Waals surface area contributed by atoms with Gasteiger partial charge in [0.05, 0.1) is 18.4 Å².